The van der Waals surface area contributed by atoms with Gasteiger partial charge >= 0.3 is 5.97 Å². The second kappa shape index (κ2) is 12.8. The molecule has 0 saturated carbocycles. The van der Waals surface area contributed by atoms with Crippen LogP contribution in [0, 0.1) is 32.9 Å². The van der Waals surface area contributed by atoms with Gasteiger partial charge in [0.1, 0.15) is 18.1 Å². The summed E-state index contributed by atoms with van der Waals surface area (Å²) in [5.41, 5.74) is 4.37. The molecule has 0 spiro atoms. The summed E-state index contributed by atoms with van der Waals surface area (Å²) in [5, 5.41) is 18.5. The number of nitrogens with zero attached hydrogens (tertiary/aromatic N) is 2. The number of amides is 1. The Morgan fingerprint density at radius 2 is 1.66 bits per heavy atom. The first-order chi connectivity index (χ1) is 21.1. The standard InChI is InChI=1S/C34H37N3O7/c1-21-22(2)30-27(23(3)29(21)41-20-26-14-10-7-11-15-26)16-18-34(5,43-30)33(39)42-31(28-24(4)37(40)44-36-28)32(38)35-19-17-25-12-8-6-9-13-25/h6-15,31H,16-20H2,1-5H3,(H,35,38). The third-order valence-electron chi connectivity index (χ3n) is 8.27. The Labute approximate surface area is 256 Å². The van der Waals surface area contributed by atoms with E-state index in [2.05, 4.69) is 10.5 Å². The zero-order chi connectivity index (χ0) is 31.4. The van der Waals surface area contributed by atoms with Gasteiger partial charge in [-0.15, -0.1) is 0 Å². The van der Waals surface area contributed by atoms with Crippen LogP contribution in [0.3, 0.4) is 0 Å². The molecule has 230 valence electrons. The molecule has 10 heteroatoms. The lowest BCUT2D eigenvalue weighted by molar-refractivity contribution is -0.807. The van der Waals surface area contributed by atoms with Crippen LogP contribution < -0.4 is 19.7 Å². The number of carbonyl (C=O) groups is 2. The smallest absolute Gasteiger partial charge is 0.351 e. The maximum absolute atomic E-state index is 13.7. The molecular weight excluding hydrogens is 562 g/mol. The summed E-state index contributed by atoms with van der Waals surface area (Å²) in [7, 11) is 0. The van der Waals surface area contributed by atoms with Crippen molar-refractivity contribution in [2.24, 2.45) is 0 Å². The van der Waals surface area contributed by atoms with Crippen LogP contribution in [0.15, 0.2) is 65.3 Å². The van der Waals surface area contributed by atoms with Crippen LogP contribution in [0.5, 0.6) is 11.5 Å². The minimum Gasteiger partial charge on any atom is -0.488 e. The molecule has 0 fully saturated rings. The average Bonchev–Trinajstić information content (AvgIpc) is 3.36. The van der Waals surface area contributed by atoms with Gasteiger partial charge in [-0.2, -0.15) is 0 Å². The molecule has 0 bridgehead atoms. The molecule has 1 amide bonds. The molecule has 44 heavy (non-hydrogen) atoms. The van der Waals surface area contributed by atoms with Gasteiger partial charge in [-0.25, -0.2) is 4.79 Å². The van der Waals surface area contributed by atoms with Crippen LogP contribution in [0.4, 0.5) is 0 Å². The van der Waals surface area contributed by atoms with Crippen molar-refractivity contribution in [2.45, 2.75) is 72.2 Å². The van der Waals surface area contributed by atoms with E-state index in [1.165, 1.54) is 6.92 Å². The molecule has 2 atom stereocenters. The van der Waals surface area contributed by atoms with E-state index in [0.717, 1.165) is 39.1 Å². The summed E-state index contributed by atoms with van der Waals surface area (Å²) in [6, 6.07) is 19.6. The number of benzene rings is 3. The van der Waals surface area contributed by atoms with Gasteiger partial charge < -0.3 is 24.7 Å². The first-order valence-electron chi connectivity index (χ1n) is 14.7. The molecule has 1 aliphatic heterocycles. The van der Waals surface area contributed by atoms with Gasteiger partial charge in [0.05, 0.1) is 0 Å². The molecule has 0 aliphatic carbocycles. The summed E-state index contributed by atoms with van der Waals surface area (Å²) in [4.78, 5) is 27.2. The number of hydrogen-bond acceptors (Lipinski definition) is 8. The fourth-order valence-corrected chi connectivity index (χ4v) is 5.40. The molecule has 10 nitrogen and oxygen atoms in total. The van der Waals surface area contributed by atoms with Crippen LogP contribution in [-0.2, 0) is 33.8 Å². The first kappa shape index (κ1) is 30.6. The highest BCUT2D eigenvalue weighted by atomic mass is 16.8. The molecule has 1 aromatic heterocycles. The van der Waals surface area contributed by atoms with Gasteiger partial charge in [0.15, 0.2) is 5.69 Å². The Kier molecular flexibility index (Phi) is 8.89. The maximum Gasteiger partial charge on any atom is 0.351 e. The molecule has 3 aromatic carbocycles. The van der Waals surface area contributed by atoms with E-state index < -0.39 is 23.6 Å². The van der Waals surface area contributed by atoms with Crippen LogP contribution in [-0.4, -0.2) is 29.2 Å². The van der Waals surface area contributed by atoms with E-state index in [4.69, 9.17) is 18.8 Å². The zero-order valence-electron chi connectivity index (χ0n) is 25.6. The van der Waals surface area contributed by atoms with Crippen molar-refractivity contribution in [2.75, 3.05) is 6.54 Å². The lowest BCUT2D eigenvalue weighted by Crippen LogP contribution is -2.47. The number of hydrogen-bond donors (Lipinski definition) is 1. The normalized spacial score (nSPS) is 16.4. The molecule has 1 aliphatic rings. The maximum atomic E-state index is 13.7. The molecule has 0 radical (unpaired) electrons. The zero-order valence-corrected chi connectivity index (χ0v) is 25.6. The molecule has 2 heterocycles. The minimum atomic E-state index is -1.50. The van der Waals surface area contributed by atoms with E-state index in [0.29, 0.717) is 38.2 Å². The van der Waals surface area contributed by atoms with Crippen molar-refractivity contribution >= 4 is 11.9 Å². The number of fused-ring (bicyclic) bond motifs is 1. The second-order valence-electron chi connectivity index (χ2n) is 11.3. The monoisotopic (exact) mass is 599 g/mol. The minimum absolute atomic E-state index is 0.0196. The lowest BCUT2D eigenvalue weighted by Gasteiger charge is -2.36. The Morgan fingerprint density at radius 1 is 1.00 bits per heavy atom. The van der Waals surface area contributed by atoms with Crippen molar-refractivity contribution in [3.05, 3.63) is 111 Å². The number of esters is 1. The first-order valence-corrected chi connectivity index (χ1v) is 14.7. The van der Waals surface area contributed by atoms with Gasteiger partial charge in [-0.3, -0.25) is 9.42 Å². The largest absolute Gasteiger partial charge is 0.488 e. The Bertz CT molecular complexity index is 1650. The van der Waals surface area contributed by atoms with E-state index >= 15 is 0 Å². The van der Waals surface area contributed by atoms with Gasteiger partial charge in [0.25, 0.3) is 17.7 Å². The molecule has 4 aromatic rings. The third kappa shape index (κ3) is 6.24. The van der Waals surface area contributed by atoms with Gasteiger partial charge in [0, 0.05) is 30.6 Å². The van der Waals surface area contributed by atoms with Crippen LogP contribution in [0.25, 0.3) is 0 Å². The van der Waals surface area contributed by atoms with Crippen LogP contribution >= 0.6 is 0 Å². The van der Waals surface area contributed by atoms with Crippen molar-refractivity contribution in [3.8, 4) is 11.5 Å². The van der Waals surface area contributed by atoms with Crippen LogP contribution in [0.1, 0.15) is 64.2 Å². The number of rotatable bonds is 10. The van der Waals surface area contributed by atoms with Gasteiger partial charge in [0.2, 0.25) is 5.60 Å². The SMILES string of the molecule is Cc1c(C)c2c(c(C)c1OCc1ccccc1)CCC(C)(C(=O)OC(C(=O)NCCc1ccccc1)c1no[n+]([O-])c1C)O2. The Balaban J connectivity index is 1.34. The van der Waals surface area contributed by atoms with E-state index in [-0.39, 0.29) is 16.3 Å². The third-order valence-corrected chi connectivity index (χ3v) is 8.27. The predicted molar refractivity (Wildman–Crippen MR) is 161 cm³/mol. The van der Waals surface area contributed by atoms with Crippen molar-refractivity contribution in [3.63, 3.8) is 0 Å². The molecule has 1 N–H and O–H groups in total. The summed E-state index contributed by atoms with van der Waals surface area (Å²) < 4.78 is 23.2. The number of nitrogens with one attached hydrogen (secondary N) is 1. The Morgan fingerprint density at radius 3 is 2.30 bits per heavy atom. The van der Waals surface area contributed by atoms with Crippen LogP contribution in [0.2, 0.25) is 0 Å². The number of aromatic nitrogens is 2. The van der Waals surface area contributed by atoms with Crippen molar-refractivity contribution in [1.29, 1.82) is 0 Å². The number of ether oxygens (including phenoxy) is 3. The summed E-state index contributed by atoms with van der Waals surface area (Å²) in [5.74, 6) is 0.0515. The summed E-state index contributed by atoms with van der Waals surface area (Å²) in [6.45, 7) is 9.72. The van der Waals surface area contributed by atoms with Gasteiger partial charge in [-0.1, -0.05) is 60.7 Å². The highest BCUT2D eigenvalue weighted by molar-refractivity contribution is 5.87. The van der Waals surface area contributed by atoms with Crippen molar-refractivity contribution in [1.82, 2.24) is 10.5 Å². The van der Waals surface area contributed by atoms with E-state index in [1.807, 2.05) is 81.4 Å². The van der Waals surface area contributed by atoms with Crippen molar-refractivity contribution < 1.29 is 33.3 Å². The molecule has 0 saturated heterocycles. The lowest BCUT2D eigenvalue weighted by atomic mass is 9.87. The fraction of sp³-hybridized carbons (Fsp3) is 0.353. The molecule has 2 unspecified atom stereocenters. The highest BCUT2D eigenvalue weighted by Gasteiger charge is 2.46. The fourth-order valence-electron chi connectivity index (χ4n) is 5.40. The summed E-state index contributed by atoms with van der Waals surface area (Å²) in [6.07, 6.45) is -0.0914. The summed E-state index contributed by atoms with van der Waals surface area (Å²) >= 11 is 0. The average molecular weight is 600 g/mol. The number of carbonyl (C=O) groups excluding carboxylic acids is 2. The molecule has 5 rings (SSSR count). The second-order valence-corrected chi connectivity index (χ2v) is 11.3. The Hall–Kier alpha value is -4.86. The predicted octanol–water partition coefficient (Wildman–Crippen LogP) is 4.85. The topological polar surface area (TPSA) is 127 Å². The molecular formula is C34H37N3O7. The van der Waals surface area contributed by atoms with E-state index in [1.54, 1.807) is 6.92 Å². The highest BCUT2D eigenvalue weighted by Crippen LogP contribution is 2.44. The van der Waals surface area contributed by atoms with Gasteiger partial charge in [-0.05, 0) is 73.3 Å². The van der Waals surface area contributed by atoms with E-state index in [9.17, 15) is 14.8 Å². The quantitative estimate of drug-likeness (QED) is 0.203.